The number of nitrogens with zero attached hydrogens (tertiary/aromatic N) is 3. The van der Waals surface area contributed by atoms with Crippen LogP contribution in [0.5, 0.6) is 0 Å². The molecule has 2 heterocycles. The molecule has 0 unspecified atom stereocenters. The van der Waals surface area contributed by atoms with Gasteiger partial charge in [-0.25, -0.2) is 4.98 Å². The van der Waals surface area contributed by atoms with Gasteiger partial charge in [0.05, 0.1) is 5.56 Å². The van der Waals surface area contributed by atoms with Gasteiger partial charge in [0.15, 0.2) is 0 Å². The van der Waals surface area contributed by atoms with Gasteiger partial charge in [-0.3, -0.25) is 0 Å². The molecule has 1 N–H and O–H groups in total. The molecule has 0 radical (unpaired) electrons. The standard InChI is InChI=1S/C12H17F3N4/c1-16-10-7-9(12(13,14)15)8-11(17-10)19-5-3-18(2)4-6-19/h7-8H,3-6H2,1-2H3,(H,16,17). The molecule has 1 aliphatic rings. The van der Waals surface area contributed by atoms with Crippen LogP contribution >= 0.6 is 0 Å². The first kappa shape index (κ1) is 13.9. The average molecular weight is 274 g/mol. The summed E-state index contributed by atoms with van der Waals surface area (Å²) in [5.74, 6) is 0.621. The summed E-state index contributed by atoms with van der Waals surface area (Å²) in [6, 6.07) is 2.14. The van der Waals surface area contributed by atoms with Gasteiger partial charge in [-0.2, -0.15) is 13.2 Å². The van der Waals surface area contributed by atoms with E-state index in [-0.39, 0.29) is 5.82 Å². The van der Waals surface area contributed by atoms with E-state index in [0.717, 1.165) is 25.2 Å². The summed E-state index contributed by atoms with van der Waals surface area (Å²) in [4.78, 5) is 8.24. The fourth-order valence-electron chi connectivity index (χ4n) is 2.01. The Bertz CT molecular complexity index is 439. The van der Waals surface area contributed by atoms with E-state index in [1.807, 2.05) is 11.9 Å². The predicted octanol–water partition coefficient (Wildman–Crippen LogP) is 1.89. The van der Waals surface area contributed by atoms with Crippen molar-refractivity contribution in [2.75, 3.05) is 50.5 Å². The molecule has 0 spiro atoms. The summed E-state index contributed by atoms with van der Waals surface area (Å²) in [6.07, 6.45) is -4.35. The van der Waals surface area contributed by atoms with Crippen molar-refractivity contribution in [1.82, 2.24) is 9.88 Å². The van der Waals surface area contributed by atoms with Crippen molar-refractivity contribution in [3.63, 3.8) is 0 Å². The molecule has 1 aromatic heterocycles. The fraction of sp³-hybridized carbons (Fsp3) is 0.583. The van der Waals surface area contributed by atoms with E-state index < -0.39 is 11.7 Å². The second-order valence-electron chi connectivity index (χ2n) is 4.64. The molecule has 0 atom stereocenters. The first-order valence-electron chi connectivity index (χ1n) is 6.10. The highest BCUT2D eigenvalue weighted by Crippen LogP contribution is 2.33. The molecular weight excluding hydrogens is 257 g/mol. The van der Waals surface area contributed by atoms with E-state index in [9.17, 15) is 13.2 Å². The minimum atomic E-state index is -4.35. The summed E-state index contributed by atoms with van der Waals surface area (Å²) in [5.41, 5.74) is -0.666. The minimum Gasteiger partial charge on any atom is -0.373 e. The molecule has 0 amide bonds. The maximum Gasteiger partial charge on any atom is 0.416 e. The molecule has 1 saturated heterocycles. The minimum absolute atomic E-state index is 0.240. The van der Waals surface area contributed by atoms with Gasteiger partial charge in [0.1, 0.15) is 11.6 Å². The average Bonchev–Trinajstić information content (AvgIpc) is 2.38. The Labute approximate surface area is 110 Å². The van der Waals surface area contributed by atoms with Crippen LogP contribution in [0, 0.1) is 0 Å². The number of alkyl halides is 3. The number of nitrogens with one attached hydrogen (secondary N) is 1. The van der Waals surface area contributed by atoms with Gasteiger partial charge in [-0.15, -0.1) is 0 Å². The Morgan fingerprint density at radius 2 is 1.79 bits per heavy atom. The molecule has 19 heavy (non-hydrogen) atoms. The topological polar surface area (TPSA) is 31.4 Å². The third-order valence-corrected chi connectivity index (χ3v) is 3.22. The van der Waals surface area contributed by atoms with E-state index in [1.165, 1.54) is 0 Å². The number of halogens is 3. The van der Waals surface area contributed by atoms with Crippen LogP contribution in [-0.4, -0.2) is 50.2 Å². The Morgan fingerprint density at radius 1 is 1.16 bits per heavy atom. The van der Waals surface area contributed by atoms with Crippen molar-refractivity contribution in [2.24, 2.45) is 0 Å². The molecule has 0 aromatic carbocycles. The highest BCUT2D eigenvalue weighted by molar-refractivity contribution is 5.51. The van der Waals surface area contributed by atoms with Crippen LogP contribution in [0.1, 0.15) is 5.56 Å². The summed E-state index contributed by atoms with van der Waals surface area (Å²) < 4.78 is 38.5. The van der Waals surface area contributed by atoms with Gasteiger partial charge in [0.25, 0.3) is 0 Å². The lowest BCUT2D eigenvalue weighted by Crippen LogP contribution is -2.44. The van der Waals surface area contributed by atoms with E-state index in [0.29, 0.717) is 18.9 Å². The van der Waals surface area contributed by atoms with Gasteiger partial charge >= 0.3 is 6.18 Å². The third-order valence-electron chi connectivity index (χ3n) is 3.22. The van der Waals surface area contributed by atoms with E-state index in [1.54, 1.807) is 7.05 Å². The SMILES string of the molecule is CNc1cc(C(F)(F)F)cc(N2CCN(C)CC2)n1. The molecule has 106 valence electrons. The van der Waals surface area contributed by atoms with E-state index in [2.05, 4.69) is 15.2 Å². The van der Waals surface area contributed by atoms with E-state index in [4.69, 9.17) is 0 Å². The number of aromatic nitrogens is 1. The Morgan fingerprint density at radius 3 is 2.32 bits per heavy atom. The van der Waals surface area contributed by atoms with Gasteiger partial charge in [-0.1, -0.05) is 0 Å². The number of anilines is 2. The number of likely N-dealkylation sites (N-methyl/N-ethyl adjacent to an activating group) is 1. The zero-order valence-electron chi connectivity index (χ0n) is 11.0. The van der Waals surface area contributed by atoms with Crippen LogP contribution in [0.15, 0.2) is 12.1 Å². The van der Waals surface area contributed by atoms with Gasteiger partial charge in [-0.05, 0) is 19.2 Å². The molecule has 1 aromatic rings. The van der Waals surface area contributed by atoms with Crippen LogP contribution in [0.3, 0.4) is 0 Å². The molecule has 2 rings (SSSR count). The normalized spacial score (nSPS) is 17.6. The largest absolute Gasteiger partial charge is 0.416 e. The summed E-state index contributed by atoms with van der Waals surface area (Å²) >= 11 is 0. The van der Waals surface area contributed by atoms with Crippen molar-refractivity contribution in [3.8, 4) is 0 Å². The summed E-state index contributed by atoms with van der Waals surface area (Å²) in [6.45, 7) is 3.03. The van der Waals surface area contributed by atoms with Crippen LogP contribution in [0.2, 0.25) is 0 Å². The number of pyridine rings is 1. The molecule has 7 heteroatoms. The maximum absolute atomic E-state index is 12.8. The molecule has 4 nitrogen and oxygen atoms in total. The smallest absolute Gasteiger partial charge is 0.373 e. The number of piperazine rings is 1. The summed E-state index contributed by atoms with van der Waals surface area (Å²) in [5, 5.41) is 2.68. The zero-order valence-corrected chi connectivity index (χ0v) is 11.0. The lowest BCUT2D eigenvalue weighted by atomic mass is 10.2. The van der Waals surface area contributed by atoms with Gasteiger partial charge in [0.2, 0.25) is 0 Å². The van der Waals surface area contributed by atoms with Crippen LogP contribution in [-0.2, 0) is 6.18 Å². The fourth-order valence-corrected chi connectivity index (χ4v) is 2.01. The maximum atomic E-state index is 12.8. The van der Waals surface area contributed by atoms with Crippen LogP contribution < -0.4 is 10.2 Å². The summed E-state index contributed by atoms with van der Waals surface area (Å²) in [7, 11) is 3.56. The quantitative estimate of drug-likeness (QED) is 0.892. The van der Waals surface area contributed by atoms with Crippen molar-refractivity contribution < 1.29 is 13.2 Å². The van der Waals surface area contributed by atoms with Gasteiger partial charge < -0.3 is 15.1 Å². The molecule has 0 bridgehead atoms. The molecule has 0 aliphatic carbocycles. The van der Waals surface area contributed by atoms with Crippen LogP contribution in [0.25, 0.3) is 0 Å². The number of hydrogen-bond acceptors (Lipinski definition) is 4. The van der Waals surface area contributed by atoms with Crippen molar-refractivity contribution in [2.45, 2.75) is 6.18 Å². The molecular formula is C12H17F3N4. The van der Waals surface area contributed by atoms with Crippen molar-refractivity contribution in [3.05, 3.63) is 17.7 Å². The Balaban J connectivity index is 2.29. The van der Waals surface area contributed by atoms with Crippen molar-refractivity contribution in [1.29, 1.82) is 0 Å². The lowest BCUT2D eigenvalue weighted by Gasteiger charge is -2.33. The molecule has 0 saturated carbocycles. The van der Waals surface area contributed by atoms with Crippen molar-refractivity contribution >= 4 is 11.6 Å². The van der Waals surface area contributed by atoms with E-state index >= 15 is 0 Å². The van der Waals surface area contributed by atoms with Gasteiger partial charge in [0, 0.05) is 33.2 Å². The Hall–Kier alpha value is -1.50. The highest BCUT2D eigenvalue weighted by atomic mass is 19.4. The second-order valence-corrected chi connectivity index (χ2v) is 4.64. The lowest BCUT2D eigenvalue weighted by molar-refractivity contribution is -0.137. The van der Waals surface area contributed by atoms with Crippen LogP contribution in [0.4, 0.5) is 24.8 Å². The highest BCUT2D eigenvalue weighted by Gasteiger charge is 2.32. The Kier molecular flexibility index (Phi) is 3.84. The second kappa shape index (κ2) is 5.24. The molecule has 1 aliphatic heterocycles. The first-order valence-corrected chi connectivity index (χ1v) is 6.10. The molecule has 1 fully saturated rings. The first-order chi connectivity index (χ1) is 8.90. The third kappa shape index (κ3) is 3.28. The monoisotopic (exact) mass is 274 g/mol. The zero-order chi connectivity index (χ0) is 14.0. The predicted molar refractivity (Wildman–Crippen MR) is 68.5 cm³/mol. The number of hydrogen-bond donors (Lipinski definition) is 1. The number of rotatable bonds is 2.